The highest BCUT2D eigenvalue weighted by molar-refractivity contribution is 6.46. The van der Waals surface area contributed by atoms with Crippen LogP contribution in [0.2, 0.25) is 0 Å². The van der Waals surface area contributed by atoms with Gasteiger partial charge in [0, 0.05) is 12.6 Å². The van der Waals surface area contributed by atoms with Crippen molar-refractivity contribution in [1.82, 2.24) is 4.90 Å². The summed E-state index contributed by atoms with van der Waals surface area (Å²) >= 11 is 0. The molecule has 6 heteroatoms. The van der Waals surface area contributed by atoms with Gasteiger partial charge in [0.25, 0.3) is 11.7 Å². The second-order valence-electron chi connectivity index (χ2n) is 5.91. The maximum Gasteiger partial charge on any atom is 0.295 e. The topological polar surface area (TPSA) is 76.1 Å². The number of carbonyl (C=O) groups is 2. The number of benzene rings is 2. The van der Waals surface area contributed by atoms with Crippen molar-refractivity contribution in [3.05, 3.63) is 65.2 Å². The lowest BCUT2D eigenvalue weighted by molar-refractivity contribution is -0.139. The smallest absolute Gasteiger partial charge is 0.295 e. The minimum atomic E-state index is -0.707. The first-order chi connectivity index (χ1) is 12.5. The van der Waals surface area contributed by atoms with E-state index in [0.29, 0.717) is 22.6 Å². The summed E-state index contributed by atoms with van der Waals surface area (Å²) in [5.74, 6) is -0.278. The van der Waals surface area contributed by atoms with Crippen molar-refractivity contribution in [3.63, 3.8) is 0 Å². The third-order valence-electron chi connectivity index (χ3n) is 4.47. The Morgan fingerprint density at radius 2 is 1.42 bits per heavy atom. The fourth-order valence-corrected chi connectivity index (χ4v) is 3.03. The van der Waals surface area contributed by atoms with Gasteiger partial charge < -0.3 is 19.5 Å². The van der Waals surface area contributed by atoms with Crippen LogP contribution in [0.5, 0.6) is 11.5 Å². The molecule has 0 bridgehead atoms. The zero-order valence-electron chi connectivity index (χ0n) is 14.7. The lowest BCUT2D eigenvalue weighted by Crippen LogP contribution is -2.24. The summed E-state index contributed by atoms with van der Waals surface area (Å²) in [5.41, 5.74) is 1.21. The first kappa shape index (κ1) is 17.5. The van der Waals surface area contributed by atoms with Crippen LogP contribution in [0, 0.1) is 0 Å². The SMILES string of the molecule is COc1ccc(C(O)=C2C(=O)C(=O)N(C)[C@@H]2c2ccc(OC)cc2)cc1. The molecule has 3 rings (SSSR count). The Morgan fingerprint density at radius 3 is 1.92 bits per heavy atom. The highest BCUT2D eigenvalue weighted by Gasteiger charge is 2.44. The fraction of sp³-hybridized carbons (Fsp3) is 0.200. The van der Waals surface area contributed by atoms with Crippen LogP contribution in [0.3, 0.4) is 0 Å². The summed E-state index contributed by atoms with van der Waals surface area (Å²) in [5, 5.41) is 10.7. The lowest BCUT2D eigenvalue weighted by Gasteiger charge is -2.21. The number of likely N-dealkylation sites (tertiary alicyclic amines) is 1. The molecule has 2 aromatic carbocycles. The zero-order valence-corrected chi connectivity index (χ0v) is 14.7. The van der Waals surface area contributed by atoms with E-state index in [-0.39, 0.29) is 11.3 Å². The first-order valence-electron chi connectivity index (χ1n) is 8.01. The summed E-state index contributed by atoms with van der Waals surface area (Å²) < 4.78 is 10.2. The maximum atomic E-state index is 12.5. The fourth-order valence-electron chi connectivity index (χ4n) is 3.03. The average Bonchev–Trinajstić information content (AvgIpc) is 2.91. The van der Waals surface area contributed by atoms with E-state index >= 15 is 0 Å². The number of hydrogen-bond acceptors (Lipinski definition) is 5. The van der Waals surface area contributed by atoms with Crippen LogP contribution in [0.15, 0.2) is 54.1 Å². The third kappa shape index (κ3) is 2.90. The Labute approximate surface area is 151 Å². The number of nitrogens with zero attached hydrogens (tertiary/aromatic N) is 1. The van der Waals surface area contributed by atoms with Crippen LogP contribution < -0.4 is 9.47 Å². The van der Waals surface area contributed by atoms with E-state index in [2.05, 4.69) is 0 Å². The van der Waals surface area contributed by atoms with E-state index in [4.69, 9.17) is 9.47 Å². The molecule has 0 aromatic heterocycles. The molecule has 1 aliphatic heterocycles. The van der Waals surface area contributed by atoms with E-state index in [1.807, 2.05) is 0 Å². The Hall–Kier alpha value is -3.28. The zero-order chi connectivity index (χ0) is 18.8. The Morgan fingerprint density at radius 1 is 0.923 bits per heavy atom. The summed E-state index contributed by atoms with van der Waals surface area (Å²) in [4.78, 5) is 26.1. The number of rotatable bonds is 4. The molecule has 1 heterocycles. The average molecular weight is 353 g/mol. The van der Waals surface area contributed by atoms with Gasteiger partial charge in [0.05, 0.1) is 25.8 Å². The molecule has 0 spiro atoms. The number of amides is 1. The van der Waals surface area contributed by atoms with Crippen LogP contribution in [0.25, 0.3) is 5.76 Å². The number of Topliss-reactive ketones (excluding diaryl/α,β-unsaturated/α-hetero) is 1. The number of ketones is 1. The van der Waals surface area contributed by atoms with Crippen molar-refractivity contribution < 1.29 is 24.2 Å². The third-order valence-corrected chi connectivity index (χ3v) is 4.47. The minimum Gasteiger partial charge on any atom is -0.507 e. The molecule has 0 saturated carbocycles. The summed E-state index contributed by atoms with van der Waals surface area (Å²) in [6.45, 7) is 0. The highest BCUT2D eigenvalue weighted by Crippen LogP contribution is 2.38. The van der Waals surface area contributed by atoms with Gasteiger partial charge in [0.2, 0.25) is 0 Å². The molecule has 26 heavy (non-hydrogen) atoms. The van der Waals surface area contributed by atoms with Crippen molar-refractivity contribution in [1.29, 1.82) is 0 Å². The number of aliphatic hydroxyl groups is 1. The van der Waals surface area contributed by atoms with Gasteiger partial charge in [-0.2, -0.15) is 0 Å². The van der Waals surface area contributed by atoms with E-state index in [0.717, 1.165) is 0 Å². The van der Waals surface area contributed by atoms with Gasteiger partial charge in [-0.3, -0.25) is 9.59 Å². The Balaban J connectivity index is 2.10. The maximum absolute atomic E-state index is 12.5. The molecule has 0 aliphatic carbocycles. The van der Waals surface area contributed by atoms with Gasteiger partial charge in [-0.15, -0.1) is 0 Å². The van der Waals surface area contributed by atoms with Gasteiger partial charge >= 0.3 is 0 Å². The van der Waals surface area contributed by atoms with Gasteiger partial charge in [-0.1, -0.05) is 12.1 Å². The van der Waals surface area contributed by atoms with Crippen LogP contribution in [-0.4, -0.2) is 43.0 Å². The number of ether oxygens (including phenoxy) is 2. The van der Waals surface area contributed by atoms with Gasteiger partial charge in [0.1, 0.15) is 17.3 Å². The highest BCUT2D eigenvalue weighted by atomic mass is 16.5. The number of carbonyl (C=O) groups excluding carboxylic acids is 2. The van der Waals surface area contributed by atoms with E-state index in [1.54, 1.807) is 69.8 Å². The molecular formula is C20H19NO5. The first-order valence-corrected chi connectivity index (χ1v) is 8.01. The molecule has 1 aliphatic rings. The van der Waals surface area contributed by atoms with Crippen molar-refractivity contribution in [2.45, 2.75) is 6.04 Å². The number of hydrogen-bond donors (Lipinski definition) is 1. The molecular weight excluding hydrogens is 334 g/mol. The molecule has 1 saturated heterocycles. The van der Waals surface area contributed by atoms with E-state index in [9.17, 15) is 14.7 Å². The van der Waals surface area contributed by atoms with Crippen molar-refractivity contribution in [2.24, 2.45) is 0 Å². The van der Waals surface area contributed by atoms with Crippen LogP contribution in [0.1, 0.15) is 17.2 Å². The predicted octanol–water partition coefficient (Wildman–Crippen LogP) is 2.76. The molecule has 6 nitrogen and oxygen atoms in total. The predicted molar refractivity (Wildman–Crippen MR) is 96.1 cm³/mol. The van der Waals surface area contributed by atoms with Crippen LogP contribution in [-0.2, 0) is 9.59 Å². The molecule has 0 unspecified atom stereocenters. The van der Waals surface area contributed by atoms with Crippen molar-refractivity contribution in [2.75, 3.05) is 21.3 Å². The minimum absolute atomic E-state index is 0.0628. The summed E-state index contributed by atoms with van der Waals surface area (Å²) in [6, 6.07) is 13.0. The molecule has 1 fully saturated rings. The molecule has 1 N–H and O–H groups in total. The number of methoxy groups -OCH3 is 2. The summed E-state index contributed by atoms with van der Waals surface area (Å²) in [7, 11) is 4.65. The monoisotopic (exact) mass is 353 g/mol. The normalized spacial score (nSPS) is 18.9. The molecule has 0 radical (unpaired) electrons. The van der Waals surface area contributed by atoms with Crippen LogP contribution >= 0.6 is 0 Å². The van der Waals surface area contributed by atoms with Crippen molar-refractivity contribution >= 4 is 17.4 Å². The molecule has 1 atom stereocenters. The van der Waals surface area contributed by atoms with Crippen LogP contribution in [0.4, 0.5) is 0 Å². The summed E-state index contributed by atoms with van der Waals surface area (Å²) in [6.07, 6.45) is 0. The standard InChI is InChI=1S/C20H19NO5/c1-21-17(12-4-8-14(25-2)9-5-12)16(19(23)20(21)24)18(22)13-6-10-15(26-3)11-7-13/h4-11,17,22H,1-3H3/t17-/m1/s1. The molecule has 134 valence electrons. The van der Waals surface area contributed by atoms with E-state index < -0.39 is 17.7 Å². The van der Waals surface area contributed by atoms with Gasteiger partial charge in [-0.05, 0) is 42.0 Å². The number of aliphatic hydroxyl groups excluding tert-OH is 1. The van der Waals surface area contributed by atoms with Gasteiger partial charge in [-0.25, -0.2) is 0 Å². The number of likely N-dealkylation sites (N-methyl/N-ethyl adjacent to an activating group) is 1. The molecule has 1 amide bonds. The Kier molecular flexibility index (Phi) is 4.67. The largest absolute Gasteiger partial charge is 0.507 e. The van der Waals surface area contributed by atoms with Gasteiger partial charge in [0.15, 0.2) is 0 Å². The second-order valence-corrected chi connectivity index (χ2v) is 5.91. The lowest BCUT2D eigenvalue weighted by atomic mass is 9.95. The second kappa shape index (κ2) is 6.92. The van der Waals surface area contributed by atoms with Crippen molar-refractivity contribution in [3.8, 4) is 11.5 Å². The van der Waals surface area contributed by atoms with E-state index in [1.165, 1.54) is 4.90 Å². The molecule has 2 aromatic rings. The quantitative estimate of drug-likeness (QED) is 0.520. The Bertz CT molecular complexity index is 868.